The Bertz CT molecular complexity index is 303. The molecule has 0 unspecified atom stereocenters. The first-order chi connectivity index (χ1) is 6.95. The van der Waals surface area contributed by atoms with Crippen LogP contribution >= 0.6 is 11.3 Å². The molecule has 3 nitrogen and oxygen atoms in total. The third-order valence-electron chi connectivity index (χ3n) is 1.97. The van der Waals surface area contributed by atoms with Crippen molar-refractivity contribution in [2.24, 2.45) is 0 Å². The molecule has 74 valence electrons. The molecule has 2 aromatic heterocycles. The SMILES string of the molecule is c1csc(NCCCn2ccnc2)c1. The van der Waals surface area contributed by atoms with Crippen LogP contribution in [0.5, 0.6) is 0 Å². The van der Waals surface area contributed by atoms with Crippen molar-refractivity contribution in [3.05, 3.63) is 36.2 Å². The van der Waals surface area contributed by atoms with Crippen LogP contribution in [0.3, 0.4) is 0 Å². The zero-order valence-electron chi connectivity index (χ0n) is 7.89. The molecule has 0 atom stereocenters. The lowest BCUT2D eigenvalue weighted by Gasteiger charge is -2.03. The predicted octanol–water partition coefficient (Wildman–Crippen LogP) is 2.45. The van der Waals surface area contributed by atoms with Crippen LogP contribution in [0.4, 0.5) is 5.00 Å². The Morgan fingerprint density at radius 2 is 2.50 bits per heavy atom. The second kappa shape index (κ2) is 4.81. The topological polar surface area (TPSA) is 29.9 Å². The maximum Gasteiger partial charge on any atom is 0.0945 e. The van der Waals surface area contributed by atoms with Crippen LogP contribution in [0, 0.1) is 0 Å². The van der Waals surface area contributed by atoms with Gasteiger partial charge in [-0.15, -0.1) is 11.3 Å². The highest BCUT2D eigenvalue weighted by molar-refractivity contribution is 7.14. The molecule has 0 saturated heterocycles. The zero-order chi connectivity index (χ0) is 9.64. The third-order valence-corrected chi connectivity index (χ3v) is 2.80. The van der Waals surface area contributed by atoms with Crippen molar-refractivity contribution < 1.29 is 0 Å². The number of rotatable bonds is 5. The molecule has 14 heavy (non-hydrogen) atoms. The Kier molecular flexibility index (Phi) is 3.19. The molecular formula is C10H13N3S. The minimum absolute atomic E-state index is 1.01. The van der Waals surface area contributed by atoms with Crippen molar-refractivity contribution >= 4 is 16.3 Å². The van der Waals surface area contributed by atoms with E-state index in [9.17, 15) is 0 Å². The fourth-order valence-electron chi connectivity index (χ4n) is 1.27. The van der Waals surface area contributed by atoms with Gasteiger partial charge >= 0.3 is 0 Å². The minimum Gasteiger partial charge on any atom is -0.377 e. The Morgan fingerprint density at radius 3 is 3.21 bits per heavy atom. The lowest BCUT2D eigenvalue weighted by Crippen LogP contribution is -2.04. The van der Waals surface area contributed by atoms with Crippen molar-refractivity contribution in [1.82, 2.24) is 9.55 Å². The molecule has 0 aliphatic heterocycles. The lowest BCUT2D eigenvalue weighted by molar-refractivity contribution is 0.661. The summed E-state index contributed by atoms with van der Waals surface area (Å²) in [6.07, 6.45) is 6.78. The van der Waals surface area contributed by atoms with Crippen LogP contribution in [0.15, 0.2) is 36.2 Å². The summed E-state index contributed by atoms with van der Waals surface area (Å²) in [5.74, 6) is 0. The van der Waals surface area contributed by atoms with Crippen molar-refractivity contribution in [3.63, 3.8) is 0 Å². The minimum atomic E-state index is 1.01. The van der Waals surface area contributed by atoms with Crippen molar-refractivity contribution in [2.45, 2.75) is 13.0 Å². The molecule has 2 aromatic rings. The highest BCUT2D eigenvalue weighted by Crippen LogP contribution is 2.14. The van der Waals surface area contributed by atoms with Crippen LogP contribution in [0.25, 0.3) is 0 Å². The van der Waals surface area contributed by atoms with Gasteiger partial charge in [0, 0.05) is 25.5 Å². The largest absolute Gasteiger partial charge is 0.377 e. The molecular weight excluding hydrogens is 194 g/mol. The van der Waals surface area contributed by atoms with E-state index in [2.05, 4.69) is 32.4 Å². The Morgan fingerprint density at radius 1 is 1.50 bits per heavy atom. The summed E-state index contributed by atoms with van der Waals surface area (Å²) in [5, 5.41) is 6.70. The standard InChI is InChI=1S/C10H13N3S/c1-3-10(14-8-1)12-4-2-6-13-7-5-11-9-13/h1,3,5,7-9,12H,2,4,6H2. The van der Waals surface area contributed by atoms with E-state index in [-0.39, 0.29) is 0 Å². The van der Waals surface area contributed by atoms with Crippen LogP contribution in [-0.2, 0) is 6.54 Å². The molecule has 1 N–H and O–H groups in total. The van der Waals surface area contributed by atoms with Gasteiger partial charge in [0.1, 0.15) is 0 Å². The van der Waals surface area contributed by atoms with Gasteiger partial charge in [-0.05, 0) is 23.9 Å². The molecule has 0 aliphatic rings. The fraction of sp³-hybridized carbons (Fsp3) is 0.300. The van der Waals surface area contributed by atoms with Crippen LogP contribution in [0.2, 0.25) is 0 Å². The summed E-state index contributed by atoms with van der Waals surface area (Å²) in [6.45, 7) is 2.04. The molecule has 2 heterocycles. The van der Waals surface area contributed by atoms with E-state index in [0.29, 0.717) is 0 Å². The second-order valence-corrected chi connectivity index (χ2v) is 4.01. The smallest absolute Gasteiger partial charge is 0.0945 e. The number of nitrogens with one attached hydrogen (secondary N) is 1. The number of nitrogens with zero attached hydrogens (tertiary/aromatic N) is 2. The molecule has 0 bridgehead atoms. The number of hydrogen-bond donors (Lipinski definition) is 1. The molecule has 0 fully saturated rings. The molecule has 0 aromatic carbocycles. The second-order valence-electron chi connectivity index (χ2n) is 3.06. The number of anilines is 1. The quantitative estimate of drug-likeness (QED) is 0.763. The van der Waals surface area contributed by atoms with Gasteiger partial charge in [0.05, 0.1) is 11.3 Å². The predicted molar refractivity (Wildman–Crippen MR) is 59.7 cm³/mol. The van der Waals surface area contributed by atoms with Gasteiger partial charge in [0.15, 0.2) is 0 Å². The monoisotopic (exact) mass is 207 g/mol. The highest BCUT2D eigenvalue weighted by atomic mass is 32.1. The van der Waals surface area contributed by atoms with Crippen LogP contribution < -0.4 is 5.32 Å². The van der Waals surface area contributed by atoms with Gasteiger partial charge in [-0.1, -0.05) is 0 Å². The van der Waals surface area contributed by atoms with Crippen molar-refractivity contribution in [3.8, 4) is 0 Å². The Labute approximate surface area is 87.4 Å². The third kappa shape index (κ3) is 2.60. The molecule has 0 spiro atoms. The molecule has 0 saturated carbocycles. The summed E-state index contributed by atoms with van der Waals surface area (Å²) in [4.78, 5) is 4.00. The van der Waals surface area contributed by atoms with E-state index < -0.39 is 0 Å². The van der Waals surface area contributed by atoms with Crippen molar-refractivity contribution in [2.75, 3.05) is 11.9 Å². The van der Waals surface area contributed by atoms with Gasteiger partial charge < -0.3 is 9.88 Å². The van der Waals surface area contributed by atoms with E-state index in [4.69, 9.17) is 0 Å². The first kappa shape index (κ1) is 9.27. The first-order valence-electron chi connectivity index (χ1n) is 4.68. The van der Waals surface area contributed by atoms with Gasteiger partial charge in [0.25, 0.3) is 0 Å². The number of thiophene rings is 1. The van der Waals surface area contributed by atoms with Gasteiger partial charge in [0.2, 0.25) is 0 Å². The Hall–Kier alpha value is -1.29. The normalized spacial score (nSPS) is 10.3. The fourth-order valence-corrected chi connectivity index (χ4v) is 1.92. The maximum absolute atomic E-state index is 4.00. The average molecular weight is 207 g/mol. The van der Waals surface area contributed by atoms with E-state index in [1.165, 1.54) is 5.00 Å². The number of hydrogen-bond acceptors (Lipinski definition) is 3. The number of aryl methyl sites for hydroxylation is 1. The van der Waals surface area contributed by atoms with Gasteiger partial charge in [-0.3, -0.25) is 0 Å². The first-order valence-corrected chi connectivity index (χ1v) is 5.56. The molecule has 0 radical (unpaired) electrons. The Balaban J connectivity index is 1.65. The molecule has 0 amide bonds. The summed E-state index contributed by atoms with van der Waals surface area (Å²) >= 11 is 1.74. The number of aromatic nitrogens is 2. The summed E-state index contributed by atoms with van der Waals surface area (Å²) < 4.78 is 2.09. The van der Waals surface area contributed by atoms with E-state index in [1.54, 1.807) is 11.3 Å². The summed E-state index contributed by atoms with van der Waals surface area (Å²) in [7, 11) is 0. The lowest BCUT2D eigenvalue weighted by atomic mass is 10.4. The van der Waals surface area contributed by atoms with Crippen LogP contribution in [0.1, 0.15) is 6.42 Å². The van der Waals surface area contributed by atoms with E-state index in [0.717, 1.165) is 19.5 Å². The molecule has 2 rings (SSSR count). The van der Waals surface area contributed by atoms with Crippen molar-refractivity contribution in [1.29, 1.82) is 0 Å². The van der Waals surface area contributed by atoms with Crippen LogP contribution in [-0.4, -0.2) is 16.1 Å². The van der Waals surface area contributed by atoms with Gasteiger partial charge in [-0.25, -0.2) is 4.98 Å². The number of imidazole rings is 1. The highest BCUT2D eigenvalue weighted by Gasteiger charge is 1.92. The molecule has 0 aliphatic carbocycles. The average Bonchev–Trinajstić information content (AvgIpc) is 2.86. The van der Waals surface area contributed by atoms with Gasteiger partial charge in [-0.2, -0.15) is 0 Å². The van der Waals surface area contributed by atoms with E-state index >= 15 is 0 Å². The summed E-state index contributed by atoms with van der Waals surface area (Å²) in [6, 6.07) is 4.16. The van der Waals surface area contributed by atoms with E-state index in [1.807, 2.05) is 18.7 Å². The maximum atomic E-state index is 4.00. The zero-order valence-corrected chi connectivity index (χ0v) is 8.70. The summed E-state index contributed by atoms with van der Waals surface area (Å²) in [5.41, 5.74) is 0. The molecule has 4 heteroatoms.